The fraction of sp³-hybridized carbons (Fsp3) is 0.308. The number of nitrogens with one attached hydrogen (secondary N) is 2. The van der Waals surface area contributed by atoms with E-state index in [1.54, 1.807) is 17.0 Å². The third kappa shape index (κ3) is 4.19. The molecule has 0 radical (unpaired) electrons. The summed E-state index contributed by atoms with van der Waals surface area (Å²) in [5.41, 5.74) is 6.18. The monoisotopic (exact) mass is 457 g/mol. The highest BCUT2D eigenvalue weighted by Crippen LogP contribution is 2.28. The largest absolute Gasteiger partial charge is 0.353 e. The molecule has 2 aromatic carbocycles. The van der Waals surface area contributed by atoms with E-state index >= 15 is 0 Å². The Balaban J connectivity index is 1.27. The minimum Gasteiger partial charge on any atom is -0.353 e. The van der Waals surface area contributed by atoms with Gasteiger partial charge in [0.15, 0.2) is 5.69 Å². The van der Waals surface area contributed by atoms with E-state index in [0.717, 1.165) is 47.3 Å². The van der Waals surface area contributed by atoms with Gasteiger partial charge in [-0.1, -0.05) is 30.3 Å². The normalized spacial score (nSPS) is 15.1. The quantitative estimate of drug-likeness (QED) is 0.614. The molecule has 1 fully saturated rings. The van der Waals surface area contributed by atoms with Crippen LogP contribution in [0.15, 0.2) is 48.5 Å². The molecule has 5 rings (SSSR count). The molecular formula is C26H27N5O3. The number of carbonyl (C=O) groups excluding carboxylic acids is 3. The Morgan fingerprint density at radius 3 is 2.65 bits per heavy atom. The molecule has 1 aliphatic heterocycles. The van der Waals surface area contributed by atoms with Gasteiger partial charge in [0.1, 0.15) is 0 Å². The predicted octanol–water partition coefficient (Wildman–Crippen LogP) is 2.17. The number of carbonyl (C=O) groups is 3. The zero-order chi connectivity index (χ0) is 23.7. The summed E-state index contributed by atoms with van der Waals surface area (Å²) in [7, 11) is 0. The number of amides is 3. The van der Waals surface area contributed by atoms with Gasteiger partial charge in [0.05, 0.1) is 12.2 Å². The lowest BCUT2D eigenvalue weighted by molar-refractivity contribution is -0.123. The van der Waals surface area contributed by atoms with Gasteiger partial charge < -0.3 is 15.5 Å². The van der Waals surface area contributed by atoms with Crippen LogP contribution in [-0.2, 0) is 24.2 Å². The standard InChI is InChI=1S/C26H27N5O3/c1-17-5-2-3-7-21(17)31-22-8-4-6-20(22)24(29-31)25(33)28-15-18-9-11-19(12-10-18)26(34)30-14-13-27-23(32)16-30/h2-3,5,7,9-12H,4,6,8,13-16H2,1H3,(H,27,32)(H,28,33). The first kappa shape index (κ1) is 21.9. The molecule has 8 nitrogen and oxygen atoms in total. The first-order chi connectivity index (χ1) is 16.5. The maximum absolute atomic E-state index is 13.0. The van der Waals surface area contributed by atoms with Crippen molar-refractivity contribution in [3.05, 3.63) is 82.2 Å². The molecule has 0 saturated carbocycles. The third-order valence-electron chi connectivity index (χ3n) is 6.47. The average molecular weight is 458 g/mol. The SMILES string of the molecule is Cc1ccccc1-n1nc(C(=O)NCc2ccc(C(=O)N3CCNC(=O)C3)cc2)c2c1CCC2. The lowest BCUT2D eigenvalue weighted by atomic mass is 10.1. The molecule has 2 heterocycles. The molecule has 2 aliphatic rings. The Labute approximate surface area is 197 Å². The summed E-state index contributed by atoms with van der Waals surface area (Å²) < 4.78 is 1.92. The van der Waals surface area contributed by atoms with Crippen molar-refractivity contribution in [3.63, 3.8) is 0 Å². The van der Waals surface area contributed by atoms with Gasteiger partial charge in [-0.25, -0.2) is 4.68 Å². The maximum atomic E-state index is 13.0. The molecule has 8 heteroatoms. The van der Waals surface area contributed by atoms with Crippen LogP contribution in [0.3, 0.4) is 0 Å². The predicted molar refractivity (Wildman–Crippen MR) is 127 cm³/mol. The molecule has 0 spiro atoms. The van der Waals surface area contributed by atoms with Gasteiger partial charge in [0, 0.05) is 36.5 Å². The first-order valence-electron chi connectivity index (χ1n) is 11.6. The van der Waals surface area contributed by atoms with Crippen LogP contribution >= 0.6 is 0 Å². The minimum absolute atomic E-state index is 0.0795. The fourth-order valence-corrected chi connectivity index (χ4v) is 4.65. The fourth-order valence-electron chi connectivity index (χ4n) is 4.65. The zero-order valence-corrected chi connectivity index (χ0v) is 19.1. The molecule has 1 aromatic heterocycles. The van der Waals surface area contributed by atoms with Crippen molar-refractivity contribution >= 4 is 17.7 Å². The molecule has 1 aliphatic carbocycles. The first-order valence-corrected chi connectivity index (χ1v) is 11.6. The van der Waals surface area contributed by atoms with Crippen molar-refractivity contribution in [1.29, 1.82) is 0 Å². The van der Waals surface area contributed by atoms with Gasteiger partial charge in [0.25, 0.3) is 11.8 Å². The number of rotatable bonds is 5. The molecule has 3 aromatic rings. The van der Waals surface area contributed by atoms with Crippen LogP contribution in [-0.4, -0.2) is 52.0 Å². The van der Waals surface area contributed by atoms with Gasteiger partial charge in [-0.05, 0) is 55.5 Å². The van der Waals surface area contributed by atoms with Gasteiger partial charge in [-0.15, -0.1) is 0 Å². The van der Waals surface area contributed by atoms with E-state index < -0.39 is 0 Å². The summed E-state index contributed by atoms with van der Waals surface area (Å²) in [5, 5.41) is 10.4. The molecule has 1 saturated heterocycles. The Bertz CT molecular complexity index is 1260. The minimum atomic E-state index is -0.190. The summed E-state index contributed by atoms with van der Waals surface area (Å²) in [6, 6.07) is 15.2. The lowest BCUT2D eigenvalue weighted by Gasteiger charge is -2.26. The van der Waals surface area contributed by atoms with Gasteiger partial charge in [0.2, 0.25) is 5.91 Å². The summed E-state index contributed by atoms with van der Waals surface area (Å²) >= 11 is 0. The smallest absolute Gasteiger partial charge is 0.272 e. The number of para-hydroxylation sites is 1. The number of fused-ring (bicyclic) bond motifs is 1. The van der Waals surface area contributed by atoms with E-state index in [4.69, 9.17) is 5.10 Å². The summed E-state index contributed by atoms with van der Waals surface area (Å²) in [6.45, 7) is 3.44. The molecule has 2 N–H and O–H groups in total. The second kappa shape index (κ2) is 9.13. The molecule has 0 unspecified atom stereocenters. The lowest BCUT2D eigenvalue weighted by Crippen LogP contribution is -2.49. The Kier molecular flexibility index (Phi) is 5.88. The molecule has 0 bridgehead atoms. The van der Waals surface area contributed by atoms with E-state index in [1.807, 2.05) is 48.0 Å². The van der Waals surface area contributed by atoms with E-state index in [9.17, 15) is 14.4 Å². The van der Waals surface area contributed by atoms with Crippen LogP contribution in [0.1, 0.15) is 49.7 Å². The maximum Gasteiger partial charge on any atom is 0.272 e. The number of hydrogen-bond acceptors (Lipinski definition) is 4. The number of aryl methyl sites for hydroxylation is 1. The van der Waals surface area contributed by atoms with Gasteiger partial charge >= 0.3 is 0 Å². The second-order valence-corrected chi connectivity index (χ2v) is 8.78. The van der Waals surface area contributed by atoms with Crippen molar-refractivity contribution in [1.82, 2.24) is 25.3 Å². The number of benzene rings is 2. The van der Waals surface area contributed by atoms with Crippen LogP contribution in [0.25, 0.3) is 5.69 Å². The van der Waals surface area contributed by atoms with E-state index in [2.05, 4.69) is 10.6 Å². The van der Waals surface area contributed by atoms with Crippen molar-refractivity contribution in [2.24, 2.45) is 0 Å². The Morgan fingerprint density at radius 2 is 1.88 bits per heavy atom. The highest BCUT2D eigenvalue weighted by molar-refractivity contribution is 5.97. The number of hydrogen-bond donors (Lipinski definition) is 2. The molecule has 3 amide bonds. The molecule has 34 heavy (non-hydrogen) atoms. The Morgan fingerprint density at radius 1 is 1.09 bits per heavy atom. The van der Waals surface area contributed by atoms with Crippen molar-refractivity contribution < 1.29 is 14.4 Å². The highest BCUT2D eigenvalue weighted by Gasteiger charge is 2.27. The average Bonchev–Trinajstić information content (AvgIpc) is 3.46. The molecule has 174 valence electrons. The Hall–Kier alpha value is -3.94. The second-order valence-electron chi connectivity index (χ2n) is 8.78. The summed E-state index contributed by atoms with van der Waals surface area (Å²) in [6.07, 6.45) is 2.79. The number of aromatic nitrogens is 2. The van der Waals surface area contributed by atoms with Gasteiger partial charge in [-0.2, -0.15) is 5.10 Å². The number of piperazine rings is 1. The van der Waals surface area contributed by atoms with E-state index in [0.29, 0.717) is 30.9 Å². The highest BCUT2D eigenvalue weighted by atomic mass is 16.2. The van der Waals surface area contributed by atoms with Gasteiger partial charge in [-0.3, -0.25) is 14.4 Å². The van der Waals surface area contributed by atoms with E-state index in [-0.39, 0.29) is 24.3 Å². The van der Waals surface area contributed by atoms with E-state index in [1.165, 1.54) is 0 Å². The van der Waals surface area contributed by atoms with Crippen LogP contribution in [0.5, 0.6) is 0 Å². The van der Waals surface area contributed by atoms with Crippen LogP contribution in [0.4, 0.5) is 0 Å². The third-order valence-corrected chi connectivity index (χ3v) is 6.47. The van der Waals surface area contributed by atoms with Crippen LogP contribution in [0, 0.1) is 6.92 Å². The van der Waals surface area contributed by atoms with Crippen molar-refractivity contribution in [2.75, 3.05) is 19.6 Å². The summed E-state index contributed by atoms with van der Waals surface area (Å²) in [4.78, 5) is 38.7. The van der Waals surface area contributed by atoms with Crippen molar-refractivity contribution in [2.45, 2.75) is 32.7 Å². The van der Waals surface area contributed by atoms with Crippen molar-refractivity contribution in [3.8, 4) is 5.69 Å². The molecular weight excluding hydrogens is 430 g/mol. The molecule has 0 atom stereocenters. The zero-order valence-electron chi connectivity index (χ0n) is 19.1. The summed E-state index contributed by atoms with van der Waals surface area (Å²) in [5.74, 6) is -0.497. The number of nitrogens with zero attached hydrogens (tertiary/aromatic N) is 3. The topological polar surface area (TPSA) is 96.3 Å². The van der Waals surface area contributed by atoms with Crippen LogP contribution in [0.2, 0.25) is 0 Å². The van der Waals surface area contributed by atoms with Crippen LogP contribution < -0.4 is 10.6 Å².